The van der Waals surface area contributed by atoms with E-state index in [0.717, 1.165) is 60.2 Å². The van der Waals surface area contributed by atoms with Crippen LogP contribution in [-0.2, 0) is 23.9 Å². The summed E-state index contributed by atoms with van der Waals surface area (Å²) in [6.45, 7) is 19.3. The first-order chi connectivity index (χ1) is 17.4. The molecular formula is C32H48N2O2S. The quantitative estimate of drug-likeness (QED) is 0.403. The van der Waals surface area contributed by atoms with Gasteiger partial charge in [-0.25, -0.2) is 0 Å². The van der Waals surface area contributed by atoms with Crippen LogP contribution in [0.2, 0.25) is 0 Å². The van der Waals surface area contributed by atoms with Crippen LogP contribution in [0, 0.1) is 0 Å². The molecule has 0 spiro atoms. The van der Waals surface area contributed by atoms with Gasteiger partial charge in [0.2, 0.25) is 0 Å². The van der Waals surface area contributed by atoms with E-state index in [1.165, 1.54) is 61.4 Å². The number of rotatable bonds is 6. The summed E-state index contributed by atoms with van der Waals surface area (Å²) in [5.74, 6) is 0.725. The predicted octanol–water partition coefficient (Wildman–Crippen LogP) is 7.82. The van der Waals surface area contributed by atoms with Gasteiger partial charge in [-0.2, -0.15) is 0 Å². The first-order valence-corrected chi connectivity index (χ1v) is 15.1. The van der Waals surface area contributed by atoms with Crippen LogP contribution in [0.5, 0.6) is 11.5 Å². The van der Waals surface area contributed by atoms with E-state index >= 15 is 0 Å². The lowest BCUT2D eigenvalue weighted by molar-refractivity contribution is 0.218. The third kappa shape index (κ3) is 7.25. The molecule has 2 heterocycles. The third-order valence-corrected chi connectivity index (χ3v) is 9.01. The van der Waals surface area contributed by atoms with Crippen molar-refractivity contribution in [2.45, 2.75) is 114 Å². The van der Waals surface area contributed by atoms with Crippen molar-refractivity contribution in [1.29, 1.82) is 0 Å². The minimum absolute atomic E-state index is 0.0334. The molecule has 0 aliphatic carbocycles. The number of hydrogen-bond acceptors (Lipinski definition) is 5. The highest BCUT2D eigenvalue weighted by Gasteiger charge is 2.25. The number of nitrogens with zero attached hydrogens (tertiary/aromatic N) is 2. The molecule has 37 heavy (non-hydrogen) atoms. The van der Waals surface area contributed by atoms with E-state index in [1.54, 1.807) is 0 Å². The third-order valence-electron chi connectivity index (χ3n) is 7.95. The van der Waals surface area contributed by atoms with Crippen molar-refractivity contribution in [3.63, 3.8) is 0 Å². The lowest BCUT2D eigenvalue weighted by Crippen LogP contribution is -2.29. The molecule has 2 aliphatic rings. The maximum absolute atomic E-state index is 11.5. The Morgan fingerprint density at radius 1 is 0.595 bits per heavy atom. The number of phenols is 2. The summed E-state index contributed by atoms with van der Waals surface area (Å²) >= 11 is 1.52. The van der Waals surface area contributed by atoms with Crippen molar-refractivity contribution in [3.8, 4) is 11.5 Å². The van der Waals surface area contributed by atoms with Gasteiger partial charge in [0.1, 0.15) is 11.5 Å². The molecule has 2 fully saturated rings. The molecule has 0 unspecified atom stereocenters. The van der Waals surface area contributed by atoms with Gasteiger partial charge in [0, 0.05) is 24.2 Å². The van der Waals surface area contributed by atoms with Crippen LogP contribution in [0.15, 0.2) is 34.1 Å². The topological polar surface area (TPSA) is 46.9 Å². The summed E-state index contributed by atoms with van der Waals surface area (Å²) in [4.78, 5) is 6.61. The Morgan fingerprint density at radius 3 is 1.27 bits per heavy atom. The average Bonchev–Trinajstić information content (AvgIpc) is 2.83. The molecule has 0 bridgehead atoms. The lowest BCUT2D eigenvalue weighted by Gasteiger charge is -2.29. The first kappa shape index (κ1) is 28.3. The van der Waals surface area contributed by atoms with Gasteiger partial charge >= 0.3 is 0 Å². The molecule has 5 heteroatoms. The molecule has 4 rings (SSSR count). The van der Waals surface area contributed by atoms with Crippen LogP contribution in [0.4, 0.5) is 0 Å². The number of aromatic hydroxyl groups is 2. The maximum Gasteiger partial charge on any atom is 0.134 e. The van der Waals surface area contributed by atoms with Gasteiger partial charge < -0.3 is 10.2 Å². The minimum atomic E-state index is -0.0334. The van der Waals surface area contributed by atoms with Crippen molar-refractivity contribution in [3.05, 3.63) is 46.5 Å². The molecule has 0 amide bonds. The standard InChI is InChI=1S/C32H48N2O2S/c1-31(2,3)25-17-23(21-33-13-9-7-10-14-33)29(35)27(19-25)37-28-20-26(32(4,5)6)18-24(30(28)36)22-34-15-11-8-12-16-34/h17-20,35-36H,7-16,21-22H2,1-6H3. The highest BCUT2D eigenvalue weighted by molar-refractivity contribution is 7.99. The minimum Gasteiger partial charge on any atom is -0.506 e. The molecule has 2 aromatic rings. The summed E-state index contributed by atoms with van der Waals surface area (Å²) in [7, 11) is 0. The average molecular weight is 525 g/mol. The molecule has 0 atom stereocenters. The van der Waals surface area contributed by atoms with Crippen molar-refractivity contribution in [2.24, 2.45) is 0 Å². The fourth-order valence-corrected chi connectivity index (χ4v) is 6.49. The molecule has 4 nitrogen and oxygen atoms in total. The van der Waals surface area contributed by atoms with Crippen molar-refractivity contribution in [1.82, 2.24) is 9.80 Å². The van der Waals surface area contributed by atoms with Crippen molar-refractivity contribution in [2.75, 3.05) is 26.2 Å². The molecule has 2 aromatic carbocycles. The molecule has 2 N–H and O–H groups in total. The van der Waals surface area contributed by atoms with Gasteiger partial charge in [0.05, 0.1) is 9.79 Å². The zero-order valence-electron chi connectivity index (χ0n) is 24.0. The maximum atomic E-state index is 11.5. The zero-order chi connectivity index (χ0) is 26.8. The Kier molecular flexibility index (Phi) is 8.87. The fourth-order valence-electron chi connectivity index (χ4n) is 5.43. The van der Waals surface area contributed by atoms with Crippen molar-refractivity contribution < 1.29 is 10.2 Å². The van der Waals surface area contributed by atoms with E-state index in [2.05, 4.69) is 75.6 Å². The summed E-state index contributed by atoms with van der Waals surface area (Å²) in [5, 5.41) is 23.0. The van der Waals surface area contributed by atoms with E-state index in [9.17, 15) is 10.2 Å². The van der Waals surface area contributed by atoms with E-state index in [4.69, 9.17) is 0 Å². The Hall–Kier alpha value is -1.69. The van der Waals surface area contributed by atoms with Crippen LogP contribution in [0.25, 0.3) is 0 Å². The molecule has 0 saturated carbocycles. The van der Waals surface area contributed by atoms with Gasteiger partial charge in [-0.15, -0.1) is 0 Å². The van der Waals surface area contributed by atoms with Crippen LogP contribution in [-0.4, -0.2) is 46.2 Å². The van der Waals surface area contributed by atoms with Crippen LogP contribution >= 0.6 is 11.8 Å². The largest absolute Gasteiger partial charge is 0.506 e. The number of phenolic OH excluding ortho intramolecular Hbond substituents is 2. The molecule has 204 valence electrons. The normalized spacial score (nSPS) is 18.3. The summed E-state index contributed by atoms with van der Waals surface area (Å²) in [5.41, 5.74) is 4.37. The first-order valence-electron chi connectivity index (χ1n) is 14.3. The van der Waals surface area contributed by atoms with Gasteiger partial charge in [0.25, 0.3) is 0 Å². The van der Waals surface area contributed by atoms with E-state index in [-0.39, 0.29) is 10.8 Å². The molecule has 0 aromatic heterocycles. The monoisotopic (exact) mass is 524 g/mol. The molecular weight excluding hydrogens is 476 g/mol. The highest BCUT2D eigenvalue weighted by atomic mass is 32.2. The van der Waals surface area contributed by atoms with Gasteiger partial charge in [0.15, 0.2) is 0 Å². The molecule has 2 aliphatic heterocycles. The Morgan fingerprint density at radius 2 is 0.946 bits per heavy atom. The molecule has 2 saturated heterocycles. The zero-order valence-corrected chi connectivity index (χ0v) is 24.8. The van der Waals surface area contributed by atoms with E-state index in [1.807, 2.05) is 0 Å². The Balaban J connectivity index is 1.72. The second-order valence-corrected chi connectivity index (χ2v) is 14.3. The summed E-state index contributed by atoms with van der Waals surface area (Å²) < 4.78 is 0. The summed E-state index contributed by atoms with van der Waals surface area (Å²) in [6.07, 6.45) is 7.52. The van der Waals surface area contributed by atoms with Crippen molar-refractivity contribution >= 4 is 11.8 Å². The number of benzene rings is 2. The predicted molar refractivity (Wildman–Crippen MR) is 156 cm³/mol. The van der Waals surface area contributed by atoms with Crippen LogP contribution in [0.1, 0.15) is 102 Å². The van der Waals surface area contributed by atoms with Gasteiger partial charge in [-0.1, -0.05) is 78.3 Å². The van der Waals surface area contributed by atoms with E-state index < -0.39 is 0 Å². The van der Waals surface area contributed by atoms with E-state index in [0.29, 0.717) is 11.5 Å². The van der Waals surface area contributed by atoms with Gasteiger partial charge in [-0.3, -0.25) is 9.80 Å². The Labute approximate surface area is 229 Å². The lowest BCUT2D eigenvalue weighted by atomic mass is 9.86. The smallest absolute Gasteiger partial charge is 0.134 e. The fraction of sp³-hybridized carbons (Fsp3) is 0.625. The molecule has 0 radical (unpaired) electrons. The second-order valence-electron chi connectivity index (χ2n) is 13.2. The number of hydrogen-bond donors (Lipinski definition) is 2. The van der Waals surface area contributed by atoms with Crippen LogP contribution in [0.3, 0.4) is 0 Å². The van der Waals surface area contributed by atoms with Gasteiger partial charge in [-0.05, 0) is 86.0 Å². The number of likely N-dealkylation sites (tertiary alicyclic amines) is 2. The SMILES string of the molecule is CC(C)(C)c1cc(CN2CCCCC2)c(O)c(Sc2cc(C(C)(C)C)cc(CN3CCCCC3)c2O)c1. The van der Waals surface area contributed by atoms with Crippen LogP contribution < -0.4 is 0 Å². The highest BCUT2D eigenvalue weighted by Crippen LogP contribution is 2.45. The second kappa shape index (κ2) is 11.6. The Bertz CT molecular complexity index is 986. The number of piperidine rings is 2. The summed E-state index contributed by atoms with van der Waals surface area (Å²) in [6, 6.07) is 8.66.